The van der Waals surface area contributed by atoms with Gasteiger partial charge in [0.15, 0.2) is 0 Å². The average molecular weight is 345 g/mol. The molecular weight excluding hydrogens is 328 g/mol. The number of fused-ring (bicyclic) bond motifs is 1. The van der Waals surface area contributed by atoms with Crippen molar-refractivity contribution in [3.05, 3.63) is 41.1 Å². The largest absolute Gasteiger partial charge is 0.399 e. The highest BCUT2D eigenvalue weighted by Crippen LogP contribution is 2.33. The van der Waals surface area contributed by atoms with E-state index < -0.39 is 0 Å². The molecule has 0 amide bonds. The number of hydrogen-bond donors (Lipinski definition) is 1. The predicted octanol–water partition coefficient (Wildman–Crippen LogP) is 4.20. The lowest BCUT2D eigenvalue weighted by Gasteiger charge is -2.24. The lowest BCUT2D eigenvalue weighted by atomic mass is 10.1. The van der Waals surface area contributed by atoms with Crippen LogP contribution >= 0.6 is 15.9 Å². The molecule has 0 radical (unpaired) electrons. The van der Waals surface area contributed by atoms with E-state index >= 15 is 0 Å². The van der Waals surface area contributed by atoms with E-state index in [4.69, 9.17) is 10.7 Å². The summed E-state index contributed by atoms with van der Waals surface area (Å²) in [5.74, 6) is 0.901. The van der Waals surface area contributed by atoms with Crippen molar-refractivity contribution in [3.63, 3.8) is 0 Å². The fourth-order valence-corrected chi connectivity index (χ4v) is 3.06. The van der Waals surface area contributed by atoms with E-state index in [1.54, 1.807) is 12.4 Å². The Bertz CT molecular complexity index is 794. The summed E-state index contributed by atoms with van der Waals surface area (Å²) in [5, 5.41) is 0. The third kappa shape index (κ3) is 2.53. The number of nitrogens with two attached hydrogens (primary N) is 1. The molecule has 0 spiro atoms. The second-order valence-corrected chi connectivity index (χ2v) is 6.99. The van der Waals surface area contributed by atoms with Gasteiger partial charge in [-0.1, -0.05) is 15.9 Å². The minimum absolute atomic E-state index is 0.0947. The van der Waals surface area contributed by atoms with E-state index in [2.05, 4.69) is 46.3 Å². The van der Waals surface area contributed by atoms with Crippen molar-refractivity contribution in [2.24, 2.45) is 0 Å². The first-order chi connectivity index (χ1) is 9.86. The molecule has 2 aromatic heterocycles. The number of nitrogens with zero attached hydrogens (tertiary/aromatic N) is 3. The Hall–Kier alpha value is -1.88. The van der Waals surface area contributed by atoms with Crippen molar-refractivity contribution in [3.8, 4) is 11.4 Å². The fraction of sp³-hybridized carbons (Fsp3) is 0.250. The van der Waals surface area contributed by atoms with Gasteiger partial charge in [-0.05, 0) is 45.0 Å². The van der Waals surface area contributed by atoms with Crippen LogP contribution in [0, 0.1) is 0 Å². The Morgan fingerprint density at radius 2 is 1.95 bits per heavy atom. The minimum Gasteiger partial charge on any atom is -0.399 e. The number of benzene rings is 1. The first-order valence-corrected chi connectivity index (χ1v) is 7.55. The Morgan fingerprint density at radius 3 is 2.62 bits per heavy atom. The zero-order valence-corrected chi connectivity index (χ0v) is 13.8. The van der Waals surface area contributed by atoms with Gasteiger partial charge in [0.05, 0.1) is 11.7 Å². The highest BCUT2D eigenvalue weighted by molar-refractivity contribution is 9.10. The van der Waals surface area contributed by atoms with Gasteiger partial charge in [-0.3, -0.25) is 4.98 Å². The van der Waals surface area contributed by atoms with Crippen LogP contribution < -0.4 is 5.73 Å². The number of aromatic nitrogens is 3. The Morgan fingerprint density at radius 1 is 1.19 bits per heavy atom. The van der Waals surface area contributed by atoms with Crippen LogP contribution in [-0.4, -0.2) is 14.5 Å². The molecule has 0 aliphatic heterocycles. The van der Waals surface area contributed by atoms with Crippen molar-refractivity contribution in [2.75, 3.05) is 5.73 Å². The maximum Gasteiger partial charge on any atom is 0.141 e. The molecule has 1 aromatic carbocycles. The normalized spacial score (nSPS) is 12.0. The topological polar surface area (TPSA) is 56.7 Å². The van der Waals surface area contributed by atoms with E-state index in [1.165, 1.54) is 0 Å². The molecule has 0 saturated heterocycles. The van der Waals surface area contributed by atoms with Gasteiger partial charge in [0.25, 0.3) is 0 Å². The molecule has 0 unspecified atom stereocenters. The van der Waals surface area contributed by atoms with E-state index in [1.807, 2.05) is 24.3 Å². The number of pyridine rings is 1. The molecule has 0 fully saturated rings. The molecule has 3 rings (SSSR count). The number of anilines is 1. The number of halogens is 1. The molecular formula is C16H17BrN4. The van der Waals surface area contributed by atoms with Crippen molar-refractivity contribution in [1.29, 1.82) is 0 Å². The van der Waals surface area contributed by atoms with Gasteiger partial charge in [-0.2, -0.15) is 0 Å². The van der Waals surface area contributed by atoms with Crippen LogP contribution in [0.15, 0.2) is 41.1 Å². The summed E-state index contributed by atoms with van der Waals surface area (Å²) in [6.45, 7) is 6.50. The van der Waals surface area contributed by atoms with Crippen LogP contribution in [0.3, 0.4) is 0 Å². The molecule has 2 heterocycles. The average Bonchev–Trinajstić information content (AvgIpc) is 2.76. The van der Waals surface area contributed by atoms with E-state index in [9.17, 15) is 0 Å². The van der Waals surface area contributed by atoms with Crippen molar-refractivity contribution < 1.29 is 0 Å². The van der Waals surface area contributed by atoms with Crippen LogP contribution in [0.25, 0.3) is 22.4 Å². The maximum atomic E-state index is 5.97. The van der Waals surface area contributed by atoms with E-state index in [0.29, 0.717) is 5.69 Å². The molecule has 0 aliphatic carbocycles. The van der Waals surface area contributed by atoms with Gasteiger partial charge in [-0.25, -0.2) is 4.98 Å². The van der Waals surface area contributed by atoms with Crippen LogP contribution in [0.4, 0.5) is 5.69 Å². The monoisotopic (exact) mass is 344 g/mol. The molecule has 4 nitrogen and oxygen atoms in total. The predicted molar refractivity (Wildman–Crippen MR) is 90.1 cm³/mol. The van der Waals surface area contributed by atoms with Crippen molar-refractivity contribution in [2.45, 2.75) is 26.3 Å². The summed E-state index contributed by atoms with van der Waals surface area (Å²) in [4.78, 5) is 8.92. The quantitative estimate of drug-likeness (QED) is 0.673. The fourth-order valence-electron chi connectivity index (χ4n) is 2.55. The lowest BCUT2D eigenvalue weighted by molar-refractivity contribution is 0.413. The Labute approximate surface area is 132 Å². The Kier molecular flexibility index (Phi) is 3.24. The summed E-state index contributed by atoms with van der Waals surface area (Å²) in [6, 6.07) is 7.86. The number of hydrogen-bond acceptors (Lipinski definition) is 3. The standard InChI is InChI=1S/C16H17BrN4/c1-16(2,3)21-14-4-5-19-9-13(14)20-15(21)10-6-11(17)8-12(18)7-10/h4-9H,18H2,1-3H3. The number of rotatable bonds is 1. The number of imidazole rings is 1. The van der Waals surface area contributed by atoms with Gasteiger partial charge in [0.2, 0.25) is 0 Å². The number of nitrogen functional groups attached to an aromatic ring is 1. The summed E-state index contributed by atoms with van der Waals surface area (Å²) >= 11 is 3.50. The molecule has 0 bridgehead atoms. The Balaban J connectivity index is 2.36. The van der Waals surface area contributed by atoms with Crippen LogP contribution in [0.1, 0.15) is 20.8 Å². The summed E-state index contributed by atoms with van der Waals surface area (Å²) in [5.41, 5.74) is 9.55. The van der Waals surface area contributed by atoms with Gasteiger partial charge in [0, 0.05) is 27.5 Å². The van der Waals surface area contributed by atoms with Crippen LogP contribution in [0.5, 0.6) is 0 Å². The van der Waals surface area contributed by atoms with Crippen LogP contribution in [-0.2, 0) is 5.54 Å². The molecule has 0 aliphatic rings. The third-order valence-electron chi connectivity index (χ3n) is 3.31. The highest BCUT2D eigenvalue weighted by atomic mass is 79.9. The second kappa shape index (κ2) is 4.84. The van der Waals surface area contributed by atoms with E-state index in [0.717, 1.165) is 26.9 Å². The summed E-state index contributed by atoms with van der Waals surface area (Å²) in [7, 11) is 0. The van der Waals surface area contributed by atoms with E-state index in [-0.39, 0.29) is 5.54 Å². The lowest BCUT2D eigenvalue weighted by Crippen LogP contribution is -2.22. The van der Waals surface area contributed by atoms with Crippen molar-refractivity contribution in [1.82, 2.24) is 14.5 Å². The maximum absolute atomic E-state index is 5.97. The van der Waals surface area contributed by atoms with Crippen LogP contribution in [0.2, 0.25) is 0 Å². The molecule has 108 valence electrons. The molecule has 0 saturated carbocycles. The van der Waals surface area contributed by atoms with Gasteiger partial charge in [0.1, 0.15) is 11.3 Å². The summed E-state index contributed by atoms with van der Waals surface area (Å²) < 4.78 is 3.17. The molecule has 5 heteroatoms. The zero-order chi connectivity index (χ0) is 15.2. The van der Waals surface area contributed by atoms with Gasteiger partial charge >= 0.3 is 0 Å². The van der Waals surface area contributed by atoms with Gasteiger partial charge in [-0.15, -0.1) is 0 Å². The first-order valence-electron chi connectivity index (χ1n) is 6.75. The first kappa shape index (κ1) is 14.1. The molecule has 21 heavy (non-hydrogen) atoms. The highest BCUT2D eigenvalue weighted by Gasteiger charge is 2.22. The molecule has 0 atom stereocenters. The smallest absolute Gasteiger partial charge is 0.141 e. The third-order valence-corrected chi connectivity index (χ3v) is 3.76. The zero-order valence-electron chi connectivity index (χ0n) is 12.3. The SMILES string of the molecule is CC(C)(C)n1c(-c2cc(N)cc(Br)c2)nc2cnccc21. The minimum atomic E-state index is -0.0947. The van der Waals surface area contributed by atoms with Crippen molar-refractivity contribution >= 4 is 32.7 Å². The summed E-state index contributed by atoms with van der Waals surface area (Å²) in [6.07, 6.45) is 3.59. The molecule has 2 N–H and O–H groups in total. The van der Waals surface area contributed by atoms with Gasteiger partial charge < -0.3 is 10.3 Å². The molecule has 3 aromatic rings. The second-order valence-electron chi connectivity index (χ2n) is 6.08.